The highest BCUT2D eigenvalue weighted by Crippen LogP contribution is 2.41. The van der Waals surface area contributed by atoms with Crippen LogP contribution in [0.3, 0.4) is 0 Å². The molecular weight excluding hydrogens is 286 g/mol. The van der Waals surface area contributed by atoms with Crippen LogP contribution in [0.15, 0.2) is 40.7 Å². The fourth-order valence-electron chi connectivity index (χ4n) is 2.91. The summed E-state index contributed by atoms with van der Waals surface area (Å²) in [6, 6.07) is 9.10. The second-order valence-corrected chi connectivity index (χ2v) is 6.16. The number of carbonyl (C=O) groups is 1. The summed E-state index contributed by atoms with van der Waals surface area (Å²) in [6.07, 6.45) is 0.342. The van der Waals surface area contributed by atoms with E-state index in [1.807, 2.05) is 28.5 Å². The minimum atomic E-state index is -1.52. The van der Waals surface area contributed by atoms with Gasteiger partial charge in [0.05, 0.1) is 5.56 Å². The zero-order valence-electron chi connectivity index (χ0n) is 11.1. The number of ketones is 1. The average Bonchev–Trinajstić information content (AvgIpc) is 3.05. The van der Waals surface area contributed by atoms with Crippen LogP contribution in [0.5, 0.6) is 0 Å². The lowest BCUT2D eigenvalue weighted by Gasteiger charge is -2.28. The van der Waals surface area contributed by atoms with E-state index in [1.165, 1.54) is 11.3 Å². The van der Waals surface area contributed by atoms with Gasteiger partial charge in [0.15, 0.2) is 11.4 Å². The Morgan fingerprint density at radius 2 is 2.24 bits per heavy atom. The fraction of sp³-hybridized carbons (Fsp3) is 0.200. The van der Waals surface area contributed by atoms with E-state index in [0.29, 0.717) is 35.1 Å². The summed E-state index contributed by atoms with van der Waals surface area (Å²) in [7, 11) is 0. The molecule has 1 aromatic carbocycles. The molecule has 3 N–H and O–H groups in total. The van der Waals surface area contributed by atoms with Crippen LogP contribution in [-0.2, 0) is 0 Å². The van der Waals surface area contributed by atoms with Crippen molar-refractivity contribution in [3.05, 3.63) is 41.3 Å². The summed E-state index contributed by atoms with van der Waals surface area (Å²) in [4.78, 5) is 18.9. The number of nitrogen functional groups attached to an aromatic ring is 1. The maximum Gasteiger partial charge on any atom is 0.205 e. The van der Waals surface area contributed by atoms with Crippen LogP contribution in [-0.4, -0.2) is 28.9 Å². The number of nitrogens with zero attached hydrogens (tertiary/aromatic N) is 2. The van der Waals surface area contributed by atoms with Crippen molar-refractivity contribution in [1.29, 1.82) is 0 Å². The maximum atomic E-state index is 12.5. The molecule has 106 valence electrons. The molecule has 2 aliphatic rings. The summed E-state index contributed by atoms with van der Waals surface area (Å²) in [5.74, 6) is 0.156. The fourth-order valence-corrected chi connectivity index (χ4v) is 3.67. The molecule has 6 heteroatoms. The zero-order valence-corrected chi connectivity index (χ0v) is 11.9. The number of hydrogen-bond acceptors (Lipinski definition) is 6. The van der Waals surface area contributed by atoms with Gasteiger partial charge in [-0.15, -0.1) is 11.3 Å². The van der Waals surface area contributed by atoms with Gasteiger partial charge in [0.1, 0.15) is 5.00 Å². The molecule has 5 nitrogen and oxygen atoms in total. The van der Waals surface area contributed by atoms with Crippen molar-refractivity contribution in [3.8, 4) is 0 Å². The quantitative estimate of drug-likeness (QED) is 0.791. The molecule has 3 heterocycles. The van der Waals surface area contributed by atoms with Crippen molar-refractivity contribution in [2.45, 2.75) is 12.0 Å². The molecule has 4 rings (SSSR count). The predicted octanol–water partition coefficient (Wildman–Crippen LogP) is 2.20. The maximum absolute atomic E-state index is 12.5. The first-order valence-electron chi connectivity index (χ1n) is 6.66. The normalized spacial score (nSPS) is 23.8. The number of hydrogen-bond donors (Lipinski definition) is 2. The largest absolute Gasteiger partial charge is 0.399 e. The number of aliphatic hydroxyl groups is 1. The third-order valence-corrected chi connectivity index (χ3v) is 4.78. The molecule has 1 saturated heterocycles. The minimum absolute atomic E-state index is 0.254. The molecular formula is C15H13N3O2S. The van der Waals surface area contributed by atoms with Crippen molar-refractivity contribution in [2.75, 3.05) is 17.2 Å². The number of benzene rings is 1. The van der Waals surface area contributed by atoms with Crippen LogP contribution in [0.4, 0.5) is 16.4 Å². The second-order valence-electron chi connectivity index (χ2n) is 5.26. The molecule has 1 unspecified atom stereocenters. The molecule has 21 heavy (non-hydrogen) atoms. The molecule has 2 aliphatic heterocycles. The molecule has 0 amide bonds. The van der Waals surface area contributed by atoms with E-state index in [2.05, 4.69) is 4.99 Å². The molecule has 2 aromatic rings. The Kier molecular flexibility index (Phi) is 2.49. The van der Waals surface area contributed by atoms with Crippen molar-refractivity contribution < 1.29 is 9.90 Å². The molecule has 0 saturated carbocycles. The Balaban J connectivity index is 1.86. The van der Waals surface area contributed by atoms with Gasteiger partial charge < -0.3 is 15.7 Å². The first-order valence-corrected chi connectivity index (χ1v) is 7.54. The van der Waals surface area contributed by atoms with Gasteiger partial charge in [0, 0.05) is 24.3 Å². The van der Waals surface area contributed by atoms with E-state index in [-0.39, 0.29) is 5.78 Å². The highest BCUT2D eigenvalue weighted by atomic mass is 32.1. The van der Waals surface area contributed by atoms with Gasteiger partial charge in [0.25, 0.3) is 0 Å². The molecule has 0 aliphatic carbocycles. The Morgan fingerprint density at radius 3 is 3.05 bits per heavy atom. The SMILES string of the molecule is Nc1cccc(N2CCC3(O)C(=O)c4ccsc4N=C23)c1. The Bertz CT molecular complexity index is 783. The molecule has 1 aromatic heterocycles. The lowest BCUT2D eigenvalue weighted by molar-refractivity contribution is 0.0603. The Morgan fingerprint density at radius 1 is 1.38 bits per heavy atom. The standard InChI is InChI=1S/C15H13N3O2S/c16-9-2-1-3-10(8-9)18-6-5-15(20)12(19)11-4-7-21-13(11)17-14(15)18/h1-4,7-8,20H,5-6,16H2. The predicted molar refractivity (Wildman–Crippen MR) is 83.5 cm³/mol. The van der Waals surface area contributed by atoms with Crippen molar-refractivity contribution in [1.82, 2.24) is 0 Å². The minimum Gasteiger partial charge on any atom is -0.399 e. The van der Waals surface area contributed by atoms with Crippen molar-refractivity contribution in [2.24, 2.45) is 4.99 Å². The highest BCUT2D eigenvalue weighted by molar-refractivity contribution is 7.14. The van der Waals surface area contributed by atoms with E-state index in [9.17, 15) is 9.90 Å². The van der Waals surface area contributed by atoms with Crippen molar-refractivity contribution >= 4 is 39.3 Å². The van der Waals surface area contributed by atoms with Crippen LogP contribution >= 0.6 is 11.3 Å². The van der Waals surface area contributed by atoms with E-state index < -0.39 is 5.60 Å². The lowest BCUT2D eigenvalue weighted by Crippen LogP contribution is -2.48. The van der Waals surface area contributed by atoms with Gasteiger partial charge in [-0.2, -0.15) is 0 Å². The van der Waals surface area contributed by atoms with Crippen LogP contribution < -0.4 is 10.6 Å². The second kappa shape index (κ2) is 4.16. The number of anilines is 2. The van der Waals surface area contributed by atoms with Crippen molar-refractivity contribution in [3.63, 3.8) is 0 Å². The van der Waals surface area contributed by atoms with Gasteiger partial charge in [-0.05, 0) is 29.6 Å². The molecule has 1 fully saturated rings. The summed E-state index contributed by atoms with van der Waals surface area (Å²) >= 11 is 1.41. The van der Waals surface area contributed by atoms with Crippen LogP contribution in [0, 0.1) is 0 Å². The van der Waals surface area contributed by atoms with Gasteiger partial charge in [-0.25, -0.2) is 4.99 Å². The average molecular weight is 299 g/mol. The lowest BCUT2D eigenvalue weighted by atomic mass is 9.90. The topological polar surface area (TPSA) is 78.9 Å². The van der Waals surface area contributed by atoms with Crippen LogP contribution in [0.1, 0.15) is 16.8 Å². The van der Waals surface area contributed by atoms with Crippen LogP contribution in [0.25, 0.3) is 0 Å². The van der Waals surface area contributed by atoms with E-state index in [0.717, 1.165) is 5.69 Å². The van der Waals surface area contributed by atoms with Gasteiger partial charge in [-0.1, -0.05) is 6.07 Å². The number of amidine groups is 1. The monoisotopic (exact) mass is 299 g/mol. The Hall–Kier alpha value is -2.18. The molecule has 0 spiro atoms. The number of aliphatic imine (C=N–C) groups is 1. The highest BCUT2D eigenvalue weighted by Gasteiger charge is 2.52. The summed E-state index contributed by atoms with van der Waals surface area (Å²) in [6.45, 7) is 0.541. The number of nitrogens with two attached hydrogens (primary N) is 1. The van der Waals surface area contributed by atoms with Crippen LogP contribution in [0.2, 0.25) is 0 Å². The van der Waals surface area contributed by atoms with Gasteiger partial charge >= 0.3 is 0 Å². The summed E-state index contributed by atoms with van der Waals surface area (Å²) < 4.78 is 0. The molecule has 0 bridgehead atoms. The van der Waals surface area contributed by atoms with Gasteiger partial charge in [-0.3, -0.25) is 4.79 Å². The zero-order chi connectivity index (χ0) is 14.6. The molecule has 1 atom stereocenters. The van der Waals surface area contributed by atoms with Gasteiger partial charge in [0.2, 0.25) is 5.78 Å². The number of rotatable bonds is 1. The summed E-state index contributed by atoms with van der Waals surface area (Å²) in [5.41, 5.74) is 6.31. The smallest absolute Gasteiger partial charge is 0.205 e. The Labute approximate surface area is 125 Å². The van der Waals surface area contributed by atoms with E-state index in [1.54, 1.807) is 12.1 Å². The third-order valence-electron chi connectivity index (χ3n) is 3.98. The number of fused-ring (bicyclic) bond motifs is 2. The number of Topliss-reactive ketones (excluding diaryl/α,β-unsaturated/α-hetero) is 1. The van der Waals surface area contributed by atoms with E-state index >= 15 is 0 Å². The molecule has 0 radical (unpaired) electrons. The number of thiophene rings is 1. The summed E-state index contributed by atoms with van der Waals surface area (Å²) in [5, 5.41) is 13.3. The number of carbonyl (C=O) groups excluding carboxylic acids is 1. The van der Waals surface area contributed by atoms with E-state index in [4.69, 9.17) is 5.73 Å². The third kappa shape index (κ3) is 1.66. The first-order chi connectivity index (χ1) is 10.1. The first kappa shape index (κ1) is 12.6.